The molecule has 0 saturated heterocycles. The van der Waals surface area contributed by atoms with E-state index in [-0.39, 0.29) is 0 Å². The van der Waals surface area contributed by atoms with Crippen molar-refractivity contribution in [3.05, 3.63) is 29.8 Å². The summed E-state index contributed by atoms with van der Waals surface area (Å²) >= 11 is 0. The number of ether oxygens (including phenoxy) is 1. The van der Waals surface area contributed by atoms with Crippen LogP contribution in [-0.2, 0) is 0 Å². The van der Waals surface area contributed by atoms with Gasteiger partial charge in [-0.3, -0.25) is 4.99 Å². The van der Waals surface area contributed by atoms with Gasteiger partial charge in [0.05, 0.1) is 7.11 Å². The topological polar surface area (TPSA) is 45.7 Å². The van der Waals surface area contributed by atoms with E-state index in [0.29, 0.717) is 12.0 Å². The highest BCUT2D eigenvalue weighted by atomic mass is 16.5. The molecule has 0 aliphatic heterocycles. The Morgan fingerprint density at radius 3 is 2.53 bits per heavy atom. The number of aliphatic imine (C=N–C) groups is 1. The van der Waals surface area contributed by atoms with Crippen LogP contribution < -0.4 is 15.4 Å². The summed E-state index contributed by atoms with van der Waals surface area (Å²) in [6.45, 7) is 7.17. The van der Waals surface area contributed by atoms with Gasteiger partial charge in [-0.25, -0.2) is 0 Å². The monoisotopic (exact) mass is 263 g/mol. The van der Waals surface area contributed by atoms with Gasteiger partial charge in [-0.2, -0.15) is 0 Å². The van der Waals surface area contributed by atoms with Gasteiger partial charge in [0.15, 0.2) is 5.96 Å². The molecule has 4 heteroatoms. The molecule has 0 aliphatic carbocycles. The fraction of sp³-hybridized carbons (Fsp3) is 0.533. The molecular formula is C15H25N3O. The highest BCUT2D eigenvalue weighted by Gasteiger charge is 2.11. The third kappa shape index (κ3) is 4.81. The summed E-state index contributed by atoms with van der Waals surface area (Å²) < 4.78 is 5.39. The Labute approximate surface area is 116 Å². The molecule has 1 unspecified atom stereocenters. The first-order chi connectivity index (χ1) is 9.08. The van der Waals surface area contributed by atoms with Crippen LogP contribution in [0.15, 0.2) is 29.3 Å². The molecule has 1 atom stereocenters. The Morgan fingerprint density at radius 1 is 1.26 bits per heavy atom. The fourth-order valence-corrected chi connectivity index (χ4v) is 1.90. The Hall–Kier alpha value is -1.71. The van der Waals surface area contributed by atoms with Crippen molar-refractivity contribution in [3.63, 3.8) is 0 Å². The lowest BCUT2D eigenvalue weighted by Crippen LogP contribution is -2.42. The van der Waals surface area contributed by atoms with E-state index < -0.39 is 0 Å². The van der Waals surface area contributed by atoms with Crippen LogP contribution in [0.25, 0.3) is 0 Å². The highest BCUT2D eigenvalue weighted by molar-refractivity contribution is 5.79. The summed E-state index contributed by atoms with van der Waals surface area (Å²) in [5.74, 6) is 2.11. The van der Waals surface area contributed by atoms with Crippen molar-refractivity contribution in [1.82, 2.24) is 10.6 Å². The number of para-hydroxylation sites is 1. The number of methoxy groups -OCH3 is 1. The quantitative estimate of drug-likeness (QED) is 0.633. The maximum Gasteiger partial charge on any atom is 0.191 e. The van der Waals surface area contributed by atoms with Crippen LogP contribution in [0.4, 0.5) is 0 Å². The lowest BCUT2D eigenvalue weighted by Gasteiger charge is -2.19. The Balaban J connectivity index is 2.62. The summed E-state index contributed by atoms with van der Waals surface area (Å²) in [4.78, 5) is 4.20. The molecule has 1 rings (SSSR count). The van der Waals surface area contributed by atoms with Crippen molar-refractivity contribution in [2.75, 3.05) is 20.7 Å². The van der Waals surface area contributed by atoms with E-state index in [1.165, 1.54) is 5.56 Å². The van der Waals surface area contributed by atoms with Crippen molar-refractivity contribution in [1.29, 1.82) is 0 Å². The molecular weight excluding hydrogens is 238 g/mol. The van der Waals surface area contributed by atoms with Crippen LogP contribution in [0.5, 0.6) is 5.75 Å². The molecule has 106 valence electrons. The number of nitrogens with zero attached hydrogens (tertiary/aromatic N) is 1. The van der Waals surface area contributed by atoms with Crippen LogP contribution in [0.1, 0.15) is 32.3 Å². The maximum absolute atomic E-state index is 5.39. The van der Waals surface area contributed by atoms with E-state index in [2.05, 4.69) is 42.5 Å². The maximum atomic E-state index is 5.39. The van der Waals surface area contributed by atoms with Gasteiger partial charge in [-0.1, -0.05) is 25.1 Å². The van der Waals surface area contributed by atoms with E-state index in [4.69, 9.17) is 4.74 Å². The second kappa shape index (κ2) is 7.67. The first-order valence-corrected chi connectivity index (χ1v) is 6.68. The number of hydrogen-bond donors (Lipinski definition) is 2. The van der Waals surface area contributed by atoms with E-state index in [1.807, 2.05) is 18.2 Å². The third-order valence-electron chi connectivity index (χ3n) is 2.89. The van der Waals surface area contributed by atoms with E-state index in [1.54, 1.807) is 14.2 Å². The van der Waals surface area contributed by atoms with Crippen molar-refractivity contribution in [2.24, 2.45) is 4.99 Å². The van der Waals surface area contributed by atoms with Gasteiger partial charge >= 0.3 is 0 Å². The first-order valence-electron chi connectivity index (χ1n) is 6.68. The number of benzene rings is 1. The molecule has 19 heavy (non-hydrogen) atoms. The molecule has 1 aromatic carbocycles. The van der Waals surface area contributed by atoms with Crippen molar-refractivity contribution >= 4 is 5.96 Å². The molecule has 0 radical (unpaired) electrons. The smallest absolute Gasteiger partial charge is 0.191 e. The van der Waals surface area contributed by atoms with Crippen LogP contribution in [0.2, 0.25) is 0 Å². The summed E-state index contributed by atoms with van der Waals surface area (Å²) in [5.41, 5.74) is 1.21. The van der Waals surface area contributed by atoms with Crippen molar-refractivity contribution < 1.29 is 4.74 Å². The molecule has 1 aromatic rings. The number of hydrogen-bond acceptors (Lipinski definition) is 2. The lowest BCUT2D eigenvalue weighted by atomic mass is 10.0. The molecule has 0 fully saturated rings. The van der Waals surface area contributed by atoms with Gasteiger partial charge in [0.25, 0.3) is 0 Å². The highest BCUT2D eigenvalue weighted by Crippen LogP contribution is 2.25. The fourth-order valence-electron chi connectivity index (χ4n) is 1.90. The predicted molar refractivity (Wildman–Crippen MR) is 81.0 cm³/mol. The Kier molecular flexibility index (Phi) is 6.19. The van der Waals surface area contributed by atoms with Gasteiger partial charge in [-0.15, -0.1) is 0 Å². The summed E-state index contributed by atoms with van der Waals surface area (Å²) in [6, 6.07) is 8.49. The largest absolute Gasteiger partial charge is 0.496 e. The minimum Gasteiger partial charge on any atom is -0.496 e. The second-order valence-corrected chi connectivity index (χ2v) is 4.90. The predicted octanol–water partition coefficient (Wildman–Crippen LogP) is 2.37. The number of rotatable bonds is 5. The van der Waals surface area contributed by atoms with E-state index in [0.717, 1.165) is 18.3 Å². The molecule has 0 bridgehead atoms. The van der Waals surface area contributed by atoms with Crippen molar-refractivity contribution in [3.8, 4) is 5.75 Å². The molecule has 4 nitrogen and oxygen atoms in total. The summed E-state index contributed by atoms with van der Waals surface area (Å²) in [6.07, 6.45) is 0. The third-order valence-corrected chi connectivity index (χ3v) is 2.89. The van der Waals surface area contributed by atoms with Crippen molar-refractivity contribution in [2.45, 2.75) is 32.7 Å². The van der Waals surface area contributed by atoms with Gasteiger partial charge in [-0.05, 0) is 25.5 Å². The molecule has 0 spiro atoms. The van der Waals surface area contributed by atoms with Crippen LogP contribution in [0.3, 0.4) is 0 Å². The summed E-state index contributed by atoms with van der Waals surface area (Å²) in [5, 5.41) is 6.61. The Morgan fingerprint density at radius 2 is 1.95 bits per heavy atom. The standard InChI is InChI=1S/C15H25N3O/c1-11(2)18-15(16-4)17-10-12(3)13-8-6-7-9-14(13)19-5/h6-9,11-12H,10H2,1-5H3,(H2,16,17,18). The molecule has 0 saturated carbocycles. The van der Waals surface area contributed by atoms with Crippen LogP contribution >= 0.6 is 0 Å². The minimum atomic E-state index is 0.349. The van der Waals surface area contributed by atoms with Gasteiger partial charge in [0, 0.05) is 25.6 Å². The molecule has 0 amide bonds. The number of nitrogens with one attached hydrogen (secondary N) is 2. The molecule has 0 aromatic heterocycles. The SMILES string of the molecule is CN=C(NCC(C)c1ccccc1OC)NC(C)C. The first kappa shape index (κ1) is 15.3. The average molecular weight is 263 g/mol. The van der Waals surface area contributed by atoms with Crippen LogP contribution in [0, 0.1) is 0 Å². The number of guanidine groups is 1. The normalized spacial score (nSPS) is 13.3. The average Bonchev–Trinajstić information content (AvgIpc) is 2.42. The molecule has 0 aliphatic rings. The van der Waals surface area contributed by atoms with Crippen LogP contribution in [-0.4, -0.2) is 32.7 Å². The lowest BCUT2D eigenvalue weighted by molar-refractivity contribution is 0.406. The minimum absolute atomic E-state index is 0.349. The zero-order valence-electron chi connectivity index (χ0n) is 12.5. The zero-order chi connectivity index (χ0) is 14.3. The van der Waals surface area contributed by atoms with Gasteiger partial charge < -0.3 is 15.4 Å². The molecule has 0 heterocycles. The van der Waals surface area contributed by atoms with Gasteiger partial charge in [0.1, 0.15) is 5.75 Å². The second-order valence-electron chi connectivity index (χ2n) is 4.90. The molecule has 2 N–H and O–H groups in total. The van der Waals surface area contributed by atoms with E-state index >= 15 is 0 Å². The Bertz CT molecular complexity index is 416. The zero-order valence-corrected chi connectivity index (χ0v) is 12.5. The summed E-state index contributed by atoms with van der Waals surface area (Å²) in [7, 11) is 3.49. The van der Waals surface area contributed by atoms with E-state index in [9.17, 15) is 0 Å². The van der Waals surface area contributed by atoms with Gasteiger partial charge in [0.2, 0.25) is 0 Å².